The first-order valence-corrected chi connectivity index (χ1v) is 11.7. The van der Waals surface area contributed by atoms with Gasteiger partial charge in [0, 0.05) is 48.7 Å². The van der Waals surface area contributed by atoms with E-state index in [2.05, 4.69) is 0 Å². The molecule has 0 amide bonds. The zero-order chi connectivity index (χ0) is 23.2. The van der Waals surface area contributed by atoms with Crippen LogP contribution in [-0.2, 0) is 21.2 Å². The number of aliphatic carboxylic acids is 1. The summed E-state index contributed by atoms with van der Waals surface area (Å²) in [7, 11) is -2.33. The molecule has 2 aliphatic rings. The van der Waals surface area contributed by atoms with E-state index < -0.39 is 38.1 Å². The maximum absolute atomic E-state index is 14.2. The maximum Gasteiger partial charge on any atom is 0.341 e. The summed E-state index contributed by atoms with van der Waals surface area (Å²) >= 11 is 5.78. The number of sulfonamides is 1. The highest BCUT2D eigenvalue weighted by atomic mass is 35.5. The predicted molar refractivity (Wildman–Crippen MR) is 118 cm³/mol. The highest BCUT2D eigenvalue weighted by Gasteiger charge is 2.43. The first kappa shape index (κ1) is 22.6. The third-order valence-electron chi connectivity index (χ3n) is 5.71. The third kappa shape index (κ3) is 3.97. The lowest BCUT2D eigenvalue weighted by atomic mass is 9.99. The molecule has 10 heteroatoms. The normalized spacial score (nSPS) is 17.7. The molecular weight excluding hydrogens is 459 g/mol. The minimum Gasteiger partial charge on any atom is -0.478 e. The Morgan fingerprint density at radius 2 is 1.78 bits per heavy atom. The number of carbonyl (C=O) groups is 2. The van der Waals surface area contributed by atoms with Crippen LogP contribution in [0, 0.1) is 5.82 Å². The molecule has 1 saturated heterocycles. The highest BCUT2D eigenvalue weighted by molar-refractivity contribution is 7.98. The number of carboxylic acid groups (broad SMARTS) is 1. The summed E-state index contributed by atoms with van der Waals surface area (Å²) < 4.78 is 42.1. The molecule has 0 unspecified atom stereocenters. The van der Waals surface area contributed by atoms with Gasteiger partial charge >= 0.3 is 5.97 Å². The summed E-state index contributed by atoms with van der Waals surface area (Å²) in [5.74, 6) is -2.96. The van der Waals surface area contributed by atoms with E-state index in [0.717, 1.165) is 0 Å². The van der Waals surface area contributed by atoms with E-state index in [1.54, 1.807) is 12.1 Å². The molecule has 1 aliphatic heterocycles. The topological polar surface area (TPSA) is 95.0 Å². The maximum atomic E-state index is 14.2. The van der Waals surface area contributed by atoms with Crippen LogP contribution in [0.1, 0.15) is 27.0 Å². The second-order valence-electron chi connectivity index (χ2n) is 7.84. The molecule has 7 nitrogen and oxygen atoms in total. The Morgan fingerprint density at radius 3 is 2.41 bits per heavy atom. The van der Waals surface area contributed by atoms with Gasteiger partial charge in [-0.25, -0.2) is 17.6 Å². The van der Waals surface area contributed by atoms with Crippen LogP contribution in [-0.4, -0.2) is 67.7 Å². The number of rotatable bonds is 5. The largest absolute Gasteiger partial charge is 0.478 e. The van der Waals surface area contributed by atoms with Crippen LogP contribution in [0.15, 0.2) is 42.0 Å². The Hall–Kier alpha value is -2.59. The fourth-order valence-electron chi connectivity index (χ4n) is 3.96. The van der Waals surface area contributed by atoms with Crippen LogP contribution >= 0.6 is 11.6 Å². The molecule has 2 aromatic carbocycles. The van der Waals surface area contributed by atoms with Crippen LogP contribution in [0.3, 0.4) is 0 Å². The average molecular weight is 479 g/mol. The number of halogens is 2. The fourth-order valence-corrected chi connectivity index (χ4v) is 5.92. The van der Waals surface area contributed by atoms with Crippen molar-refractivity contribution in [3.63, 3.8) is 0 Å². The second kappa shape index (κ2) is 8.40. The Kier molecular flexibility index (Phi) is 5.93. The second-order valence-corrected chi connectivity index (χ2v) is 10.1. The number of hydrogen-bond acceptors (Lipinski definition) is 5. The summed E-state index contributed by atoms with van der Waals surface area (Å²) in [5, 5.41) is 9.92. The van der Waals surface area contributed by atoms with Gasteiger partial charge in [0.15, 0.2) is 0 Å². The summed E-state index contributed by atoms with van der Waals surface area (Å²) in [4.78, 5) is 26.3. The number of hydrogen-bond donors (Lipinski definition) is 1. The number of Topliss-reactive ketones (excluding diaryl/α,β-unsaturated/α-hetero) is 1. The molecule has 0 spiro atoms. The average Bonchev–Trinajstić information content (AvgIpc) is 3.03. The molecular formula is C22H20ClFN2O5S. The van der Waals surface area contributed by atoms with Crippen LogP contribution in [0.5, 0.6) is 0 Å². The van der Waals surface area contributed by atoms with Crippen molar-refractivity contribution in [2.45, 2.75) is 6.42 Å². The van der Waals surface area contributed by atoms with Gasteiger partial charge in [-0.05, 0) is 36.4 Å². The number of carbonyl (C=O) groups excluding carboxylic acids is 1. The minimum atomic E-state index is -4.20. The van der Waals surface area contributed by atoms with E-state index in [-0.39, 0.29) is 35.7 Å². The Bertz CT molecular complexity index is 1270. The van der Waals surface area contributed by atoms with Crippen LogP contribution in [0.4, 0.5) is 4.39 Å². The van der Waals surface area contributed by atoms with E-state index in [0.29, 0.717) is 24.2 Å². The fraction of sp³-hybridized carbons (Fsp3) is 0.273. The predicted octanol–water partition coefficient (Wildman–Crippen LogP) is 2.64. The molecule has 2 aromatic rings. The summed E-state index contributed by atoms with van der Waals surface area (Å²) in [5.41, 5.74) is 0.181. The smallest absolute Gasteiger partial charge is 0.341 e. The first-order valence-electron chi connectivity index (χ1n) is 9.88. The van der Waals surface area contributed by atoms with Gasteiger partial charge in [-0.3, -0.25) is 4.79 Å². The molecule has 168 valence electrons. The van der Waals surface area contributed by atoms with E-state index >= 15 is 0 Å². The van der Waals surface area contributed by atoms with Crippen LogP contribution < -0.4 is 0 Å². The molecule has 0 bridgehead atoms. The lowest BCUT2D eigenvalue weighted by molar-refractivity contribution is -0.132. The van der Waals surface area contributed by atoms with Gasteiger partial charge in [-0.1, -0.05) is 29.8 Å². The summed E-state index contributed by atoms with van der Waals surface area (Å²) in [6, 6.07) is 8.68. The molecule has 0 aromatic heterocycles. The molecule has 1 heterocycles. The Morgan fingerprint density at radius 1 is 1.09 bits per heavy atom. The van der Waals surface area contributed by atoms with Crippen molar-refractivity contribution in [1.82, 2.24) is 9.21 Å². The van der Waals surface area contributed by atoms with Crippen molar-refractivity contribution >= 4 is 38.3 Å². The lowest BCUT2D eigenvalue weighted by Crippen LogP contribution is -2.47. The summed E-state index contributed by atoms with van der Waals surface area (Å²) in [6.45, 7) is 1.40. The van der Waals surface area contributed by atoms with Gasteiger partial charge < -0.3 is 10.0 Å². The number of piperazine rings is 1. The first-order chi connectivity index (χ1) is 15.1. The molecule has 0 saturated carbocycles. The van der Waals surface area contributed by atoms with Crippen molar-refractivity contribution in [2.24, 2.45) is 0 Å². The SMILES string of the molecule is CN1CCN(S(=O)(=O)C2=C(C(=O)O)C(=O)c3cc(Cc4ccc(Cl)cc4F)ccc32)CC1. The van der Waals surface area contributed by atoms with Crippen molar-refractivity contribution < 1.29 is 27.5 Å². The molecule has 1 aliphatic carbocycles. The molecule has 1 fully saturated rings. The standard InChI is InChI=1S/C22H20ClFN2O5S/c1-25-6-8-26(9-7-25)32(30,31)21-16-5-2-13(10-14-3-4-15(23)12-18(14)24)11-17(16)20(27)19(21)22(28)29/h2-5,11-12H,6-10H2,1H3,(H,28,29). The Balaban J connectivity index is 1.74. The molecule has 0 atom stereocenters. The number of ketones is 1. The molecule has 32 heavy (non-hydrogen) atoms. The van der Waals surface area contributed by atoms with Gasteiger partial charge in [0.05, 0.1) is 0 Å². The molecule has 1 N–H and O–H groups in total. The zero-order valence-electron chi connectivity index (χ0n) is 17.1. The monoisotopic (exact) mass is 478 g/mol. The van der Waals surface area contributed by atoms with Crippen LogP contribution in [0.2, 0.25) is 5.02 Å². The van der Waals surface area contributed by atoms with Gasteiger partial charge in [0.25, 0.3) is 0 Å². The zero-order valence-corrected chi connectivity index (χ0v) is 18.7. The lowest BCUT2D eigenvalue weighted by Gasteiger charge is -2.32. The third-order valence-corrected chi connectivity index (χ3v) is 7.93. The number of nitrogens with zero attached hydrogens (tertiary/aromatic N) is 2. The summed E-state index contributed by atoms with van der Waals surface area (Å²) in [6.07, 6.45) is 0.131. The van der Waals surface area contributed by atoms with Crippen molar-refractivity contribution in [3.8, 4) is 0 Å². The minimum absolute atomic E-state index is 0.0121. The van der Waals surface area contributed by atoms with Gasteiger partial charge in [-0.2, -0.15) is 4.31 Å². The number of carboxylic acids is 1. The number of benzene rings is 2. The highest BCUT2D eigenvalue weighted by Crippen LogP contribution is 2.39. The van der Waals surface area contributed by atoms with Crippen molar-refractivity contribution in [3.05, 3.63) is 75.1 Å². The molecule has 0 radical (unpaired) electrons. The van der Waals surface area contributed by atoms with Crippen molar-refractivity contribution in [2.75, 3.05) is 33.2 Å². The number of fused-ring (bicyclic) bond motifs is 1. The van der Waals surface area contributed by atoms with E-state index in [9.17, 15) is 27.5 Å². The van der Waals surface area contributed by atoms with Crippen LogP contribution in [0.25, 0.3) is 4.91 Å². The van der Waals surface area contributed by atoms with Gasteiger partial charge in [-0.15, -0.1) is 0 Å². The Labute approximate surface area is 189 Å². The quantitative estimate of drug-likeness (QED) is 0.664. The number of likely N-dealkylation sites (N-methyl/N-ethyl adjacent to an activating group) is 1. The van der Waals surface area contributed by atoms with E-state index in [1.807, 2.05) is 11.9 Å². The van der Waals surface area contributed by atoms with E-state index in [1.165, 1.54) is 28.6 Å². The van der Waals surface area contributed by atoms with Gasteiger partial charge in [0.1, 0.15) is 16.3 Å². The molecule has 4 rings (SSSR count). The van der Waals surface area contributed by atoms with Gasteiger partial charge in [0.2, 0.25) is 15.8 Å². The van der Waals surface area contributed by atoms with E-state index in [4.69, 9.17) is 11.6 Å². The van der Waals surface area contributed by atoms with Crippen molar-refractivity contribution in [1.29, 1.82) is 0 Å².